The normalized spacial score (nSPS) is 18.9. The summed E-state index contributed by atoms with van der Waals surface area (Å²) >= 11 is 2.02. The van der Waals surface area contributed by atoms with Gasteiger partial charge in [0.15, 0.2) is 0 Å². The number of thioether (sulfide) groups is 1. The molecule has 1 N–H and O–H groups in total. The van der Waals surface area contributed by atoms with Crippen molar-refractivity contribution in [3.8, 4) is 0 Å². The lowest BCUT2D eigenvalue weighted by Gasteiger charge is -2.24. The second-order valence-corrected chi connectivity index (χ2v) is 9.36. The number of amides is 1. The first-order valence-electron chi connectivity index (χ1n) is 11.0. The van der Waals surface area contributed by atoms with E-state index in [9.17, 15) is 9.90 Å². The van der Waals surface area contributed by atoms with Gasteiger partial charge in [-0.05, 0) is 48.1 Å². The Morgan fingerprint density at radius 3 is 2.60 bits per heavy atom. The van der Waals surface area contributed by atoms with Crippen LogP contribution in [0.1, 0.15) is 49.3 Å². The number of nitrogens with zero attached hydrogens (tertiary/aromatic N) is 1. The van der Waals surface area contributed by atoms with Crippen LogP contribution in [0.2, 0.25) is 0 Å². The lowest BCUT2D eigenvalue weighted by molar-refractivity contribution is -0.131. The Balaban J connectivity index is 1.59. The van der Waals surface area contributed by atoms with Gasteiger partial charge in [-0.15, -0.1) is 0 Å². The molecule has 2 atom stereocenters. The van der Waals surface area contributed by atoms with Crippen molar-refractivity contribution < 1.29 is 9.90 Å². The van der Waals surface area contributed by atoms with E-state index >= 15 is 0 Å². The van der Waals surface area contributed by atoms with E-state index in [-0.39, 0.29) is 18.6 Å². The van der Waals surface area contributed by atoms with Crippen LogP contribution < -0.4 is 0 Å². The molecule has 2 aromatic rings. The zero-order valence-corrected chi connectivity index (χ0v) is 18.7. The predicted octanol–water partition coefficient (Wildman–Crippen LogP) is 5.33. The SMILES string of the molecule is CCCSC1CC(C/C=C/c2ccc(CO)cc2)N(C(=O)CCc2ccccc2)C1. The van der Waals surface area contributed by atoms with Crippen molar-refractivity contribution in [3.63, 3.8) is 0 Å². The first-order chi connectivity index (χ1) is 14.7. The van der Waals surface area contributed by atoms with Crippen LogP contribution in [-0.4, -0.2) is 39.5 Å². The third kappa shape index (κ3) is 6.75. The van der Waals surface area contributed by atoms with Crippen LogP contribution in [0.4, 0.5) is 0 Å². The smallest absolute Gasteiger partial charge is 0.223 e. The van der Waals surface area contributed by atoms with Crippen LogP contribution in [0, 0.1) is 0 Å². The monoisotopic (exact) mass is 423 g/mol. The Morgan fingerprint density at radius 2 is 1.90 bits per heavy atom. The second kappa shape index (κ2) is 12.0. The highest BCUT2D eigenvalue weighted by molar-refractivity contribution is 7.99. The Labute approximate surface area is 185 Å². The van der Waals surface area contributed by atoms with Gasteiger partial charge < -0.3 is 10.0 Å². The molecule has 160 valence electrons. The average Bonchev–Trinajstić information content (AvgIpc) is 3.20. The topological polar surface area (TPSA) is 40.5 Å². The summed E-state index contributed by atoms with van der Waals surface area (Å²) in [5, 5.41) is 9.72. The van der Waals surface area contributed by atoms with Crippen molar-refractivity contribution in [1.82, 2.24) is 4.90 Å². The molecule has 2 unspecified atom stereocenters. The number of likely N-dealkylation sites (tertiary alicyclic amines) is 1. The second-order valence-electron chi connectivity index (χ2n) is 7.95. The molecule has 1 aliphatic rings. The van der Waals surface area contributed by atoms with Crippen molar-refractivity contribution in [1.29, 1.82) is 0 Å². The molecular weight excluding hydrogens is 390 g/mol. The van der Waals surface area contributed by atoms with Crippen molar-refractivity contribution in [3.05, 3.63) is 77.4 Å². The van der Waals surface area contributed by atoms with E-state index in [1.807, 2.05) is 54.2 Å². The fourth-order valence-corrected chi connectivity index (χ4v) is 5.14. The molecule has 3 rings (SSSR count). The Bertz CT molecular complexity index is 804. The van der Waals surface area contributed by atoms with Gasteiger partial charge >= 0.3 is 0 Å². The fraction of sp³-hybridized carbons (Fsp3) is 0.423. The van der Waals surface area contributed by atoms with Gasteiger partial charge in [0.25, 0.3) is 0 Å². The molecule has 0 saturated carbocycles. The van der Waals surface area contributed by atoms with E-state index in [1.165, 1.54) is 12.0 Å². The maximum absolute atomic E-state index is 13.0. The number of rotatable bonds is 10. The van der Waals surface area contributed by atoms with Gasteiger partial charge in [0.1, 0.15) is 0 Å². The minimum atomic E-state index is 0.0724. The molecule has 3 nitrogen and oxygen atoms in total. The highest BCUT2D eigenvalue weighted by Crippen LogP contribution is 2.31. The zero-order valence-electron chi connectivity index (χ0n) is 17.9. The molecule has 0 aliphatic carbocycles. The Hall–Kier alpha value is -2.04. The van der Waals surface area contributed by atoms with E-state index in [4.69, 9.17) is 0 Å². The maximum atomic E-state index is 13.0. The van der Waals surface area contributed by atoms with Crippen LogP contribution in [-0.2, 0) is 17.8 Å². The van der Waals surface area contributed by atoms with Gasteiger partial charge in [-0.1, -0.05) is 73.7 Å². The van der Waals surface area contributed by atoms with Crippen molar-refractivity contribution in [2.75, 3.05) is 12.3 Å². The lowest BCUT2D eigenvalue weighted by Crippen LogP contribution is -2.35. The van der Waals surface area contributed by atoms with E-state index in [2.05, 4.69) is 36.1 Å². The number of aliphatic hydroxyl groups excluding tert-OH is 1. The van der Waals surface area contributed by atoms with Gasteiger partial charge in [0.05, 0.1) is 6.61 Å². The molecule has 30 heavy (non-hydrogen) atoms. The van der Waals surface area contributed by atoms with E-state index < -0.39 is 0 Å². The Morgan fingerprint density at radius 1 is 1.13 bits per heavy atom. The first kappa shape index (κ1) is 22.6. The Kier molecular flexibility index (Phi) is 9.03. The minimum absolute atomic E-state index is 0.0724. The van der Waals surface area contributed by atoms with E-state index in [1.54, 1.807) is 0 Å². The maximum Gasteiger partial charge on any atom is 0.223 e. The molecule has 1 saturated heterocycles. The summed E-state index contributed by atoms with van der Waals surface area (Å²) < 4.78 is 0. The van der Waals surface area contributed by atoms with Gasteiger partial charge in [0.2, 0.25) is 5.91 Å². The summed E-state index contributed by atoms with van der Waals surface area (Å²) in [7, 11) is 0. The highest BCUT2D eigenvalue weighted by Gasteiger charge is 2.34. The quantitative estimate of drug-likeness (QED) is 0.562. The highest BCUT2D eigenvalue weighted by atomic mass is 32.2. The van der Waals surface area contributed by atoms with E-state index in [0.717, 1.165) is 42.7 Å². The summed E-state index contributed by atoms with van der Waals surface area (Å²) in [6.45, 7) is 3.16. The number of aliphatic hydroxyl groups is 1. The third-order valence-corrected chi connectivity index (χ3v) is 7.06. The molecule has 1 fully saturated rings. The van der Waals surface area contributed by atoms with Gasteiger partial charge in [0, 0.05) is 24.3 Å². The standard InChI is InChI=1S/C26H33NO2S/c1-2-17-30-25-18-24(10-6-9-22-11-13-23(20-28)14-12-22)27(19-25)26(29)16-15-21-7-4-3-5-8-21/h3-9,11-14,24-25,28H,2,10,15-20H2,1H3/b9-6+. The lowest BCUT2D eigenvalue weighted by atomic mass is 10.1. The summed E-state index contributed by atoms with van der Waals surface area (Å²) in [5.74, 6) is 1.44. The first-order valence-corrected chi connectivity index (χ1v) is 12.1. The van der Waals surface area contributed by atoms with Crippen LogP contribution in [0.15, 0.2) is 60.7 Å². The van der Waals surface area contributed by atoms with Gasteiger partial charge in [-0.2, -0.15) is 11.8 Å². The van der Waals surface area contributed by atoms with Gasteiger partial charge in [-0.3, -0.25) is 4.79 Å². The van der Waals surface area contributed by atoms with Crippen LogP contribution in [0.25, 0.3) is 6.08 Å². The summed E-state index contributed by atoms with van der Waals surface area (Å²) in [6, 6.07) is 18.5. The van der Waals surface area contributed by atoms with Crippen LogP contribution >= 0.6 is 11.8 Å². The molecule has 1 heterocycles. The summed E-state index contributed by atoms with van der Waals surface area (Å²) in [6.07, 6.45) is 8.86. The van der Waals surface area contributed by atoms with Crippen molar-refractivity contribution in [2.45, 2.75) is 56.9 Å². The zero-order chi connectivity index (χ0) is 21.2. The number of carbonyl (C=O) groups is 1. The van der Waals surface area contributed by atoms with Crippen LogP contribution in [0.3, 0.4) is 0 Å². The van der Waals surface area contributed by atoms with Crippen LogP contribution in [0.5, 0.6) is 0 Å². The number of benzene rings is 2. The molecule has 0 radical (unpaired) electrons. The number of carbonyl (C=O) groups excluding carboxylic acids is 1. The molecular formula is C26H33NO2S. The molecule has 1 amide bonds. The third-order valence-electron chi connectivity index (χ3n) is 5.61. The largest absolute Gasteiger partial charge is 0.392 e. The molecule has 2 aromatic carbocycles. The number of aryl methyl sites for hydroxylation is 1. The molecule has 0 aromatic heterocycles. The van der Waals surface area contributed by atoms with Crippen molar-refractivity contribution in [2.24, 2.45) is 0 Å². The summed E-state index contributed by atoms with van der Waals surface area (Å²) in [5.41, 5.74) is 3.28. The van der Waals surface area contributed by atoms with Gasteiger partial charge in [-0.25, -0.2) is 0 Å². The molecule has 1 aliphatic heterocycles. The average molecular weight is 424 g/mol. The minimum Gasteiger partial charge on any atom is -0.392 e. The number of hydrogen-bond acceptors (Lipinski definition) is 3. The predicted molar refractivity (Wildman–Crippen MR) is 127 cm³/mol. The fourth-order valence-electron chi connectivity index (χ4n) is 3.94. The number of hydrogen-bond donors (Lipinski definition) is 1. The molecule has 4 heteroatoms. The molecule has 0 bridgehead atoms. The van der Waals surface area contributed by atoms with Crippen molar-refractivity contribution >= 4 is 23.7 Å². The summed E-state index contributed by atoms with van der Waals surface area (Å²) in [4.78, 5) is 15.2. The molecule has 0 spiro atoms. The van der Waals surface area contributed by atoms with E-state index in [0.29, 0.717) is 11.7 Å².